The van der Waals surface area contributed by atoms with E-state index >= 15 is 0 Å². The number of rotatable bonds is 1. The molecule has 6 nitrogen and oxygen atoms in total. The molecule has 110 valence electrons. The highest BCUT2D eigenvalue weighted by Gasteiger charge is 2.35. The summed E-state index contributed by atoms with van der Waals surface area (Å²) in [6.07, 6.45) is 2.98. The zero-order valence-electron chi connectivity index (χ0n) is 11.7. The molecule has 1 atom stereocenters. The summed E-state index contributed by atoms with van der Waals surface area (Å²) < 4.78 is 5.48. The summed E-state index contributed by atoms with van der Waals surface area (Å²) in [6, 6.07) is 11.2. The minimum Gasteiger partial charge on any atom is -0.465 e. The number of furan rings is 1. The van der Waals surface area contributed by atoms with Crippen molar-refractivity contribution in [3.63, 3.8) is 0 Å². The van der Waals surface area contributed by atoms with Crippen LogP contribution in [0.4, 0.5) is 0 Å². The van der Waals surface area contributed by atoms with Gasteiger partial charge in [0.25, 0.3) is 5.91 Å². The van der Waals surface area contributed by atoms with Crippen molar-refractivity contribution in [1.29, 1.82) is 0 Å². The number of carbonyl (C=O) groups excluding carboxylic acids is 1. The topological polar surface area (TPSA) is 70.2 Å². The first-order chi connectivity index (χ1) is 10.8. The van der Waals surface area contributed by atoms with Gasteiger partial charge in [-0.05, 0) is 24.5 Å². The van der Waals surface area contributed by atoms with Gasteiger partial charge in [-0.25, -0.2) is 10.0 Å². The van der Waals surface area contributed by atoms with Gasteiger partial charge in [0.1, 0.15) is 11.5 Å². The standard InChI is InChI=1S/C15H12N4O2S/c1-22-15-17-14(20)12-9-5-2-3-6-10(9)16-13(19(12)18-15)11-7-4-8-21-11/h2-8,13H,1H3,(H,17,18,20)/t13-/m0/s1. The predicted molar refractivity (Wildman–Crippen MR) is 83.0 cm³/mol. The Kier molecular flexibility index (Phi) is 3.00. The summed E-state index contributed by atoms with van der Waals surface area (Å²) in [5.41, 5.74) is 0.491. The zero-order chi connectivity index (χ0) is 15.1. The van der Waals surface area contributed by atoms with E-state index in [0.29, 0.717) is 16.6 Å². The van der Waals surface area contributed by atoms with Gasteiger partial charge in [0.05, 0.1) is 11.6 Å². The highest BCUT2D eigenvalue weighted by atomic mass is 32.2. The Labute approximate surface area is 130 Å². The molecule has 0 bridgehead atoms. The van der Waals surface area contributed by atoms with Crippen LogP contribution < -0.4 is 15.9 Å². The van der Waals surface area contributed by atoms with E-state index in [1.54, 1.807) is 17.3 Å². The van der Waals surface area contributed by atoms with Crippen molar-refractivity contribution in [2.75, 3.05) is 6.26 Å². The van der Waals surface area contributed by atoms with Gasteiger partial charge in [0.15, 0.2) is 5.17 Å². The van der Waals surface area contributed by atoms with Crippen molar-refractivity contribution in [2.45, 2.75) is 6.17 Å². The highest BCUT2D eigenvalue weighted by molar-refractivity contribution is 8.13. The van der Waals surface area contributed by atoms with Gasteiger partial charge in [-0.2, -0.15) is 0 Å². The number of amides is 1. The number of carbonyl (C=O) groups is 1. The number of hydrogen-bond acceptors (Lipinski definition) is 6. The summed E-state index contributed by atoms with van der Waals surface area (Å²) in [7, 11) is 0. The van der Waals surface area contributed by atoms with Crippen LogP contribution in [0.25, 0.3) is 5.70 Å². The number of fused-ring (bicyclic) bond motifs is 2. The molecule has 0 fully saturated rings. The zero-order valence-corrected chi connectivity index (χ0v) is 12.5. The first-order valence-electron chi connectivity index (χ1n) is 6.71. The van der Waals surface area contributed by atoms with Crippen molar-refractivity contribution in [1.82, 2.24) is 10.3 Å². The summed E-state index contributed by atoms with van der Waals surface area (Å²) >= 11 is 1.38. The first-order valence-corrected chi connectivity index (χ1v) is 7.94. The molecule has 2 aromatic rings. The largest absolute Gasteiger partial charge is 0.465 e. The van der Waals surface area contributed by atoms with Crippen LogP contribution in [0.15, 0.2) is 57.2 Å². The summed E-state index contributed by atoms with van der Waals surface area (Å²) in [6.45, 7) is 0. The van der Waals surface area contributed by atoms with E-state index in [4.69, 9.17) is 9.41 Å². The minimum absolute atomic E-state index is 0.182. The van der Waals surface area contributed by atoms with Crippen LogP contribution in [0, 0.1) is 0 Å². The number of para-hydroxylation sites is 1. The van der Waals surface area contributed by atoms with Crippen LogP contribution in [-0.4, -0.2) is 22.3 Å². The van der Waals surface area contributed by atoms with Crippen LogP contribution in [0.2, 0.25) is 0 Å². The lowest BCUT2D eigenvalue weighted by Gasteiger charge is -2.32. The lowest BCUT2D eigenvalue weighted by molar-refractivity contribution is -0.116. The highest BCUT2D eigenvalue weighted by Crippen LogP contribution is 2.30. The van der Waals surface area contributed by atoms with Crippen LogP contribution in [0.1, 0.15) is 11.9 Å². The maximum absolute atomic E-state index is 12.5. The molecule has 1 aromatic heterocycles. The van der Waals surface area contributed by atoms with E-state index in [-0.39, 0.29) is 5.91 Å². The van der Waals surface area contributed by atoms with Crippen LogP contribution >= 0.6 is 11.8 Å². The van der Waals surface area contributed by atoms with E-state index in [2.05, 4.69) is 10.4 Å². The number of hydrazone groups is 1. The van der Waals surface area contributed by atoms with E-state index in [1.807, 2.05) is 36.6 Å². The predicted octanol–water partition coefficient (Wildman–Crippen LogP) is 0.786. The summed E-state index contributed by atoms with van der Waals surface area (Å²) in [5, 5.41) is 11.0. The van der Waals surface area contributed by atoms with Gasteiger partial charge in [-0.1, -0.05) is 30.0 Å². The van der Waals surface area contributed by atoms with E-state index in [9.17, 15) is 4.79 Å². The molecule has 0 radical (unpaired) electrons. The third-order valence-electron chi connectivity index (χ3n) is 3.51. The molecule has 1 aromatic carbocycles. The van der Waals surface area contributed by atoms with E-state index in [1.165, 1.54) is 11.8 Å². The van der Waals surface area contributed by atoms with Gasteiger partial charge >= 0.3 is 0 Å². The molecule has 2 aliphatic heterocycles. The molecular formula is C15H12N4O2S. The second-order valence-electron chi connectivity index (χ2n) is 4.79. The van der Waals surface area contributed by atoms with Gasteiger partial charge in [0, 0.05) is 5.22 Å². The molecule has 3 heterocycles. The Balaban J connectivity index is 2.01. The van der Waals surface area contributed by atoms with Gasteiger partial charge in [-0.15, -0.1) is 5.10 Å². The lowest BCUT2D eigenvalue weighted by Crippen LogP contribution is -2.50. The smallest absolute Gasteiger partial charge is 0.276 e. The molecule has 0 saturated heterocycles. The average molecular weight is 312 g/mol. The quantitative estimate of drug-likeness (QED) is 0.845. The monoisotopic (exact) mass is 312 g/mol. The molecule has 0 spiro atoms. The van der Waals surface area contributed by atoms with Crippen LogP contribution in [-0.2, 0) is 4.79 Å². The second kappa shape index (κ2) is 5.03. The molecule has 1 amide bonds. The van der Waals surface area contributed by atoms with Crippen molar-refractivity contribution >= 4 is 28.5 Å². The maximum Gasteiger partial charge on any atom is 0.276 e. The molecular weight excluding hydrogens is 300 g/mol. The van der Waals surface area contributed by atoms with Gasteiger partial charge in [-0.3, -0.25) is 10.1 Å². The van der Waals surface area contributed by atoms with Crippen molar-refractivity contribution in [3.05, 3.63) is 59.0 Å². The Bertz CT molecular complexity index is 889. The average Bonchev–Trinajstić information content (AvgIpc) is 3.07. The normalized spacial score (nSPS) is 19.8. The van der Waals surface area contributed by atoms with E-state index < -0.39 is 6.17 Å². The molecule has 7 heteroatoms. The van der Waals surface area contributed by atoms with Crippen molar-refractivity contribution in [3.8, 4) is 0 Å². The number of amidine groups is 1. The van der Waals surface area contributed by atoms with Crippen LogP contribution in [0.3, 0.4) is 0 Å². The fourth-order valence-corrected chi connectivity index (χ4v) is 2.91. The fraction of sp³-hybridized carbons (Fsp3) is 0.133. The van der Waals surface area contributed by atoms with Crippen LogP contribution in [0.5, 0.6) is 0 Å². The third-order valence-corrected chi connectivity index (χ3v) is 4.08. The fourth-order valence-electron chi connectivity index (χ4n) is 2.54. The molecule has 2 aliphatic rings. The van der Waals surface area contributed by atoms with Crippen molar-refractivity contribution < 1.29 is 9.21 Å². The van der Waals surface area contributed by atoms with E-state index in [0.717, 1.165) is 10.6 Å². The number of hydrogen-bond donors (Lipinski definition) is 1. The number of benzene rings is 1. The molecule has 4 rings (SSSR count). The maximum atomic E-state index is 12.5. The van der Waals surface area contributed by atoms with Crippen molar-refractivity contribution in [2.24, 2.45) is 10.1 Å². The third kappa shape index (κ3) is 1.93. The second-order valence-corrected chi connectivity index (χ2v) is 5.59. The van der Waals surface area contributed by atoms with Gasteiger partial charge < -0.3 is 4.42 Å². The first kappa shape index (κ1) is 13.1. The molecule has 0 unspecified atom stereocenters. The lowest BCUT2D eigenvalue weighted by atomic mass is 10.1. The minimum atomic E-state index is -0.479. The molecule has 1 N–H and O–H groups in total. The Hall–Kier alpha value is -2.54. The number of nitrogens with zero attached hydrogens (tertiary/aromatic N) is 3. The SMILES string of the molecule is CSC1=NN2C(=c3ccccc3=N[C@@H]2c2ccco2)C(=O)N1. The molecule has 22 heavy (non-hydrogen) atoms. The molecule has 0 aliphatic carbocycles. The Morgan fingerprint density at radius 1 is 1.27 bits per heavy atom. The number of nitrogens with one attached hydrogen (secondary N) is 1. The Morgan fingerprint density at radius 3 is 2.91 bits per heavy atom. The number of thioether (sulfide) groups is 1. The summed E-state index contributed by atoms with van der Waals surface area (Å²) in [4.78, 5) is 17.2. The molecule has 0 saturated carbocycles. The van der Waals surface area contributed by atoms with Gasteiger partial charge in [0.2, 0.25) is 6.17 Å². The summed E-state index contributed by atoms with van der Waals surface area (Å²) in [5.74, 6) is 0.462. The Morgan fingerprint density at radius 2 is 2.14 bits per heavy atom.